The number of nitrogens with two attached hydrogens (primary N) is 1. The fourth-order valence-corrected chi connectivity index (χ4v) is 7.71. The summed E-state index contributed by atoms with van der Waals surface area (Å²) in [6.45, 7) is 0.792. The first-order chi connectivity index (χ1) is 33.5. The quantitative estimate of drug-likeness (QED) is 0.137. The molecule has 4 N–H and O–H groups in total. The number of sulfonamides is 2. The number of para-hydroxylation sites is 2. The second-order valence-electron chi connectivity index (χ2n) is 13.3. The number of benzene rings is 2. The van der Waals surface area contributed by atoms with Crippen LogP contribution >= 0.6 is 23.2 Å². The van der Waals surface area contributed by atoms with E-state index in [-0.39, 0.29) is 61.1 Å². The zero-order valence-corrected chi connectivity index (χ0v) is 39.3. The second-order valence-corrected chi connectivity index (χ2v) is 17.2. The number of hydrogen-bond acceptors (Lipinski definition) is 21. The number of ether oxygens (including phenoxy) is 4. The van der Waals surface area contributed by atoms with Crippen molar-refractivity contribution in [3.63, 3.8) is 0 Å². The molecule has 2 aliphatic rings. The Balaban J connectivity index is 0.000000180. The molecule has 2 aromatic carbocycles. The molecule has 4 amide bonds. The third-order valence-electron chi connectivity index (χ3n) is 8.56. The Kier molecular flexibility index (Phi) is 17.4. The SMILES string of the molecule is COc1cc(Cl)nc(N(C(=O)Oc2ccccc2)C(=O)Oc2ccccc2)n1.COc1cc(Cl)nc(NC(=O)NS(=O)(=O)c2ncccc2C2=NOCC2)n1.NS(=O)(=O)c1ncccc1C1=NOCC1. The molecule has 8 rings (SSSR count). The first kappa shape index (κ1) is 51.3. The highest BCUT2D eigenvalue weighted by atomic mass is 35.5. The number of hydrogen-bond donors (Lipinski definition) is 3. The maximum atomic E-state index is 12.7. The van der Waals surface area contributed by atoms with Crippen LogP contribution in [0.25, 0.3) is 0 Å². The molecule has 0 radical (unpaired) electrons. The Bertz CT molecular complexity index is 3090. The maximum absolute atomic E-state index is 12.7. The highest BCUT2D eigenvalue weighted by Crippen LogP contribution is 2.24. The van der Waals surface area contributed by atoms with Gasteiger partial charge in [-0.25, -0.2) is 47.6 Å². The molecule has 4 aromatic heterocycles. The molecule has 25 nitrogen and oxygen atoms in total. The molecule has 6 aromatic rings. The summed E-state index contributed by atoms with van der Waals surface area (Å²) in [4.78, 5) is 70.8. The number of amides is 4. The van der Waals surface area contributed by atoms with Gasteiger partial charge >= 0.3 is 18.2 Å². The van der Waals surface area contributed by atoms with E-state index in [4.69, 9.17) is 57.0 Å². The van der Waals surface area contributed by atoms with Gasteiger partial charge < -0.3 is 28.6 Å². The summed E-state index contributed by atoms with van der Waals surface area (Å²) in [6.07, 6.45) is 1.51. The van der Waals surface area contributed by atoms with Crippen molar-refractivity contribution < 1.29 is 59.8 Å². The van der Waals surface area contributed by atoms with Gasteiger partial charge in [-0.3, -0.25) is 5.32 Å². The Morgan fingerprint density at radius 3 is 1.63 bits per heavy atom. The molecule has 0 aliphatic carbocycles. The average Bonchev–Trinajstić information content (AvgIpc) is 4.09. The lowest BCUT2D eigenvalue weighted by atomic mass is 10.1. The molecular formula is C41H36Cl2N12O13S2. The lowest BCUT2D eigenvalue weighted by molar-refractivity contribution is 0.173. The number of nitrogens with zero attached hydrogens (tertiary/aromatic N) is 9. The lowest BCUT2D eigenvalue weighted by Gasteiger charge is -2.18. The lowest BCUT2D eigenvalue weighted by Crippen LogP contribution is -2.42. The maximum Gasteiger partial charge on any atom is 0.432 e. The van der Waals surface area contributed by atoms with E-state index >= 15 is 0 Å². The fraction of sp³-hybridized carbons (Fsp3) is 0.146. The molecule has 364 valence electrons. The number of halogens is 2. The average molecular weight is 1040 g/mol. The van der Waals surface area contributed by atoms with E-state index in [9.17, 15) is 31.2 Å². The van der Waals surface area contributed by atoms with Crippen molar-refractivity contribution in [3.8, 4) is 23.3 Å². The number of urea groups is 1. The number of anilines is 2. The summed E-state index contributed by atoms with van der Waals surface area (Å²) in [7, 11) is -5.41. The Morgan fingerprint density at radius 1 is 0.657 bits per heavy atom. The summed E-state index contributed by atoms with van der Waals surface area (Å²) >= 11 is 11.7. The van der Waals surface area contributed by atoms with Crippen molar-refractivity contribution in [2.75, 3.05) is 37.7 Å². The van der Waals surface area contributed by atoms with Crippen LogP contribution in [0.15, 0.2) is 130 Å². The number of carbonyl (C=O) groups excluding carboxylic acids is 3. The van der Waals surface area contributed by atoms with Crippen molar-refractivity contribution in [2.24, 2.45) is 15.5 Å². The molecule has 0 spiro atoms. The largest absolute Gasteiger partial charge is 0.481 e. The van der Waals surface area contributed by atoms with E-state index in [0.29, 0.717) is 47.9 Å². The highest BCUT2D eigenvalue weighted by Gasteiger charge is 2.32. The van der Waals surface area contributed by atoms with Gasteiger partial charge in [0, 0.05) is 48.5 Å². The van der Waals surface area contributed by atoms with Gasteiger partial charge in [-0.05, 0) is 48.5 Å². The van der Waals surface area contributed by atoms with Crippen molar-refractivity contribution in [1.82, 2.24) is 34.6 Å². The smallest absolute Gasteiger partial charge is 0.432 e. The summed E-state index contributed by atoms with van der Waals surface area (Å²) < 4.78 is 69.8. The van der Waals surface area contributed by atoms with Crippen LogP contribution in [-0.4, -0.2) is 104 Å². The number of imide groups is 1. The predicted octanol–water partition coefficient (Wildman–Crippen LogP) is 5.36. The van der Waals surface area contributed by atoms with Crippen LogP contribution < -0.4 is 39.0 Å². The molecule has 0 saturated carbocycles. The number of methoxy groups -OCH3 is 2. The van der Waals surface area contributed by atoms with Crippen molar-refractivity contribution in [1.29, 1.82) is 0 Å². The topological polar surface area (TPSA) is 330 Å². The molecule has 2 aliphatic heterocycles. The van der Waals surface area contributed by atoms with Crippen LogP contribution in [0.4, 0.5) is 26.3 Å². The van der Waals surface area contributed by atoms with E-state index in [1.165, 1.54) is 44.8 Å². The van der Waals surface area contributed by atoms with Gasteiger partial charge in [0.1, 0.15) is 35.0 Å². The zero-order valence-electron chi connectivity index (χ0n) is 36.2. The third-order valence-corrected chi connectivity index (χ3v) is 11.1. The summed E-state index contributed by atoms with van der Waals surface area (Å²) in [6, 6.07) is 24.3. The monoisotopic (exact) mass is 1040 g/mol. The van der Waals surface area contributed by atoms with E-state index < -0.39 is 38.3 Å². The van der Waals surface area contributed by atoms with E-state index in [2.05, 4.69) is 45.5 Å². The van der Waals surface area contributed by atoms with Crippen LogP contribution in [-0.2, 0) is 29.7 Å². The zero-order chi connectivity index (χ0) is 50.3. The van der Waals surface area contributed by atoms with Crippen LogP contribution in [0.1, 0.15) is 24.0 Å². The van der Waals surface area contributed by atoms with Gasteiger partial charge in [-0.2, -0.15) is 23.4 Å². The van der Waals surface area contributed by atoms with E-state index in [0.717, 1.165) is 0 Å². The normalized spacial score (nSPS) is 12.6. The van der Waals surface area contributed by atoms with Crippen LogP contribution in [0.2, 0.25) is 10.3 Å². The number of primary sulfonamides is 1. The summed E-state index contributed by atoms with van der Waals surface area (Å²) in [5.74, 6) is 0.00511. The van der Waals surface area contributed by atoms with E-state index in [1.807, 2.05) is 4.72 Å². The Hall–Kier alpha value is -8.11. The number of oxime groups is 2. The predicted molar refractivity (Wildman–Crippen MR) is 248 cm³/mol. The van der Waals surface area contributed by atoms with Gasteiger partial charge in [0.15, 0.2) is 10.1 Å². The molecule has 29 heteroatoms. The number of nitrogens with one attached hydrogen (secondary N) is 2. The molecule has 0 unspecified atom stereocenters. The Labute approximate surface area is 407 Å². The van der Waals surface area contributed by atoms with E-state index in [1.54, 1.807) is 78.9 Å². The second kappa shape index (κ2) is 23.8. The van der Waals surface area contributed by atoms with Crippen molar-refractivity contribution >= 4 is 84.8 Å². The number of carbonyl (C=O) groups is 3. The van der Waals surface area contributed by atoms with Gasteiger partial charge in [-0.1, -0.05) is 69.9 Å². The van der Waals surface area contributed by atoms with Crippen LogP contribution in [0.5, 0.6) is 23.3 Å². The molecule has 70 heavy (non-hydrogen) atoms. The highest BCUT2D eigenvalue weighted by molar-refractivity contribution is 7.90. The minimum atomic E-state index is -4.30. The molecule has 0 fully saturated rings. The molecule has 0 bridgehead atoms. The van der Waals surface area contributed by atoms with Gasteiger partial charge in [-0.15, -0.1) is 4.90 Å². The number of rotatable bonds is 11. The standard InChI is InChI=1S/C19H14ClN3O5.C14H13ClN6O5S.C8H9N3O3S/c1-26-16-12-15(20)21-17(22-16)23(18(24)27-13-8-4-2-5-9-13)19(25)28-14-10-6-3-7-11-14;1-25-11-7-10(15)17-13(18-11)19-14(22)21-27(23,24)12-8(3-2-5-16-12)9-4-6-26-20-9;9-15(12,13)8-6(2-1-4-10-8)7-3-5-14-11-7/h2-12H,1H3;2-3,5,7H,4,6H2,1H3,(H2,17,18,19,21,22);1-2,4H,3,5H2,(H2,9,12,13). The Morgan fingerprint density at radius 2 is 1.14 bits per heavy atom. The summed E-state index contributed by atoms with van der Waals surface area (Å²) in [5, 5.41) is 14.2. The minimum absolute atomic E-state index is 0.00580. The summed E-state index contributed by atoms with van der Waals surface area (Å²) in [5.41, 5.74) is 1.65. The van der Waals surface area contributed by atoms with Crippen molar-refractivity contribution in [3.05, 3.63) is 131 Å². The van der Waals surface area contributed by atoms with Crippen molar-refractivity contribution in [2.45, 2.75) is 22.9 Å². The number of aromatic nitrogens is 6. The molecular weight excluding hydrogens is 1000 g/mol. The third kappa shape index (κ3) is 14.2. The van der Waals surface area contributed by atoms with Crippen LogP contribution in [0, 0.1) is 0 Å². The minimum Gasteiger partial charge on any atom is -0.481 e. The molecule has 0 atom stereocenters. The first-order valence-electron chi connectivity index (χ1n) is 19.7. The van der Waals surface area contributed by atoms with Gasteiger partial charge in [0.2, 0.25) is 23.7 Å². The fourth-order valence-electron chi connectivity index (χ4n) is 5.61. The molecule has 0 saturated heterocycles. The number of pyridine rings is 2. The molecule has 6 heterocycles. The van der Waals surface area contributed by atoms with Gasteiger partial charge in [0.05, 0.1) is 25.6 Å². The van der Waals surface area contributed by atoms with Gasteiger partial charge in [0.25, 0.3) is 20.0 Å². The van der Waals surface area contributed by atoms with Crippen LogP contribution in [0.3, 0.4) is 0 Å². The first-order valence-corrected chi connectivity index (χ1v) is 23.5.